The van der Waals surface area contributed by atoms with Crippen molar-refractivity contribution in [2.45, 2.75) is 12.8 Å². The predicted molar refractivity (Wildman–Crippen MR) is 110 cm³/mol. The number of ketones is 1. The maximum Gasteiger partial charge on any atom is 0.256 e. The molecule has 7 heteroatoms. The van der Waals surface area contributed by atoms with Gasteiger partial charge in [-0.2, -0.15) is 0 Å². The summed E-state index contributed by atoms with van der Waals surface area (Å²) in [5.41, 5.74) is 2.14. The molecule has 0 aliphatic carbocycles. The SMILES string of the molecule is Cn1cc2c(c1)C(=O)N(CCCN1CCN(c3ccc(F)cc3)CC1)CCC2=O. The minimum atomic E-state index is -0.209. The Morgan fingerprint density at radius 2 is 1.59 bits per heavy atom. The Balaban J connectivity index is 1.26. The van der Waals surface area contributed by atoms with Crippen molar-refractivity contribution in [3.63, 3.8) is 0 Å². The molecule has 2 aromatic rings. The number of hydrogen-bond acceptors (Lipinski definition) is 4. The molecule has 0 N–H and O–H groups in total. The van der Waals surface area contributed by atoms with Crippen molar-refractivity contribution in [1.29, 1.82) is 0 Å². The van der Waals surface area contributed by atoms with E-state index < -0.39 is 0 Å². The minimum absolute atomic E-state index is 0.0346. The van der Waals surface area contributed by atoms with Crippen LogP contribution in [-0.2, 0) is 7.05 Å². The molecule has 0 bridgehead atoms. The lowest BCUT2D eigenvalue weighted by atomic mass is 10.1. The van der Waals surface area contributed by atoms with Gasteiger partial charge in [0, 0.05) is 76.4 Å². The van der Waals surface area contributed by atoms with E-state index in [-0.39, 0.29) is 17.5 Å². The molecule has 2 aliphatic heterocycles. The van der Waals surface area contributed by atoms with Crippen LogP contribution >= 0.6 is 0 Å². The third-order valence-corrected chi connectivity index (χ3v) is 5.85. The second-order valence-corrected chi connectivity index (χ2v) is 7.88. The first-order valence-corrected chi connectivity index (χ1v) is 10.2. The first-order valence-electron chi connectivity index (χ1n) is 10.2. The zero-order valence-corrected chi connectivity index (χ0v) is 16.8. The molecule has 2 aliphatic rings. The standard InChI is InChI=1S/C22H27FN4O2/c1-24-15-19-20(16-24)22(29)27(10-7-21(19)28)9-2-8-25-11-13-26(14-12-25)18-5-3-17(23)4-6-18/h3-6,15-16H,2,7-14H2,1H3. The molecule has 0 spiro atoms. The van der Waals surface area contributed by atoms with E-state index in [1.807, 2.05) is 24.1 Å². The van der Waals surface area contributed by atoms with Gasteiger partial charge in [0.2, 0.25) is 0 Å². The average molecular weight is 398 g/mol. The van der Waals surface area contributed by atoms with Crippen LogP contribution in [0.4, 0.5) is 10.1 Å². The van der Waals surface area contributed by atoms with Crippen LogP contribution in [0.25, 0.3) is 0 Å². The Labute approximate surface area is 170 Å². The molecule has 4 rings (SSSR count). The van der Waals surface area contributed by atoms with Gasteiger partial charge in [-0.05, 0) is 37.2 Å². The molecule has 1 aromatic heterocycles. The highest BCUT2D eigenvalue weighted by molar-refractivity contribution is 6.09. The minimum Gasteiger partial charge on any atom is -0.369 e. The molecular formula is C22H27FN4O2. The summed E-state index contributed by atoms with van der Waals surface area (Å²) < 4.78 is 14.9. The molecular weight excluding hydrogens is 371 g/mol. The van der Waals surface area contributed by atoms with Crippen LogP contribution in [0.5, 0.6) is 0 Å². The lowest BCUT2D eigenvalue weighted by molar-refractivity contribution is 0.0749. The summed E-state index contributed by atoms with van der Waals surface area (Å²) in [5.74, 6) is -0.194. The molecule has 1 aromatic carbocycles. The number of amides is 1. The zero-order valence-electron chi connectivity index (χ0n) is 16.8. The van der Waals surface area contributed by atoms with E-state index in [9.17, 15) is 14.0 Å². The predicted octanol–water partition coefficient (Wildman–Crippen LogP) is 2.41. The number of fused-ring (bicyclic) bond motifs is 1. The van der Waals surface area contributed by atoms with Crippen LogP contribution in [0.2, 0.25) is 0 Å². The number of aryl methyl sites for hydroxylation is 1. The summed E-state index contributed by atoms with van der Waals surface area (Å²) in [6, 6.07) is 6.66. The molecule has 0 atom stereocenters. The van der Waals surface area contributed by atoms with Crippen LogP contribution in [-0.4, -0.2) is 71.9 Å². The number of hydrogen-bond donors (Lipinski definition) is 0. The fourth-order valence-corrected chi connectivity index (χ4v) is 4.20. The third-order valence-electron chi connectivity index (χ3n) is 5.85. The Kier molecular flexibility index (Phi) is 5.67. The topological polar surface area (TPSA) is 48.8 Å². The van der Waals surface area contributed by atoms with E-state index in [1.165, 1.54) is 12.1 Å². The lowest BCUT2D eigenvalue weighted by Crippen LogP contribution is -2.47. The number of piperazine rings is 1. The van der Waals surface area contributed by atoms with Gasteiger partial charge in [-0.1, -0.05) is 0 Å². The Bertz CT molecular complexity index is 885. The quantitative estimate of drug-likeness (QED) is 0.776. The zero-order chi connectivity index (χ0) is 20.4. The van der Waals surface area contributed by atoms with Crippen molar-refractivity contribution < 1.29 is 14.0 Å². The molecule has 3 heterocycles. The third kappa shape index (κ3) is 4.34. The van der Waals surface area contributed by atoms with E-state index in [4.69, 9.17) is 0 Å². The maximum atomic E-state index is 13.1. The molecule has 0 saturated carbocycles. The van der Waals surface area contributed by atoms with Crippen molar-refractivity contribution in [2.75, 3.05) is 50.7 Å². The van der Waals surface area contributed by atoms with Gasteiger partial charge in [0.05, 0.1) is 5.56 Å². The molecule has 0 radical (unpaired) electrons. The number of halogens is 1. The molecule has 6 nitrogen and oxygen atoms in total. The van der Waals surface area contributed by atoms with E-state index in [2.05, 4.69) is 9.80 Å². The maximum absolute atomic E-state index is 13.1. The highest BCUT2D eigenvalue weighted by Crippen LogP contribution is 2.20. The number of aromatic nitrogens is 1. The fourth-order valence-electron chi connectivity index (χ4n) is 4.20. The first-order chi connectivity index (χ1) is 14.0. The molecule has 1 saturated heterocycles. The van der Waals surface area contributed by atoms with Gasteiger partial charge >= 0.3 is 0 Å². The summed E-state index contributed by atoms with van der Waals surface area (Å²) in [7, 11) is 1.84. The van der Waals surface area contributed by atoms with Gasteiger partial charge in [-0.15, -0.1) is 0 Å². The largest absolute Gasteiger partial charge is 0.369 e. The summed E-state index contributed by atoms with van der Waals surface area (Å²) in [6.45, 7) is 5.81. The summed E-state index contributed by atoms with van der Waals surface area (Å²) in [6.07, 6.45) is 4.78. The smallest absolute Gasteiger partial charge is 0.256 e. The van der Waals surface area contributed by atoms with E-state index in [0.29, 0.717) is 30.6 Å². The van der Waals surface area contributed by atoms with Crippen molar-refractivity contribution in [1.82, 2.24) is 14.4 Å². The Morgan fingerprint density at radius 1 is 0.897 bits per heavy atom. The fraction of sp³-hybridized carbons (Fsp3) is 0.455. The van der Waals surface area contributed by atoms with Gasteiger partial charge < -0.3 is 14.4 Å². The number of carbonyl (C=O) groups excluding carboxylic acids is 2. The molecule has 1 fully saturated rings. The van der Waals surface area contributed by atoms with Crippen molar-refractivity contribution >= 4 is 17.4 Å². The van der Waals surface area contributed by atoms with E-state index in [0.717, 1.165) is 44.8 Å². The number of benzene rings is 1. The average Bonchev–Trinajstić information content (AvgIpc) is 3.08. The molecule has 1 amide bonds. The number of nitrogens with zero attached hydrogens (tertiary/aromatic N) is 4. The highest BCUT2D eigenvalue weighted by atomic mass is 19.1. The van der Waals surface area contributed by atoms with Gasteiger partial charge in [-0.25, -0.2) is 4.39 Å². The Morgan fingerprint density at radius 3 is 2.31 bits per heavy atom. The summed E-state index contributed by atoms with van der Waals surface area (Å²) >= 11 is 0. The second kappa shape index (κ2) is 8.37. The summed E-state index contributed by atoms with van der Waals surface area (Å²) in [5, 5.41) is 0. The van der Waals surface area contributed by atoms with Crippen LogP contribution < -0.4 is 4.90 Å². The van der Waals surface area contributed by atoms with Crippen molar-refractivity contribution in [3.05, 3.63) is 53.6 Å². The normalized spacial score (nSPS) is 18.1. The van der Waals surface area contributed by atoms with Crippen LogP contribution in [0.15, 0.2) is 36.7 Å². The number of carbonyl (C=O) groups is 2. The second-order valence-electron chi connectivity index (χ2n) is 7.88. The lowest BCUT2D eigenvalue weighted by Gasteiger charge is -2.36. The number of rotatable bonds is 5. The van der Waals surface area contributed by atoms with Gasteiger partial charge in [-0.3, -0.25) is 14.5 Å². The molecule has 29 heavy (non-hydrogen) atoms. The number of anilines is 1. The van der Waals surface area contributed by atoms with Gasteiger partial charge in [0.15, 0.2) is 5.78 Å². The highest BCUT2D eigenvalue weighted by Gasteiger charge is 2.28. The van der Waals surface area contributed by atoms with Gasteiger partial charge in [0.25, 0.3) is 5.91 Å². The monoisotopic (exact) mass is 398 g/mol. The molecule has 0 unspecified atom stereocenters. The van der Waals surface area contributed by atoms with Gasteiger partial charge in [0.1, 0.15) is 5.82 Å². The Hall–Kier alpha value is -2.67. The van der Waals surface area contributed by atoms with Crippen LogP contribution in [0.3, 0.4) is 0 Å². The van der Waals surface area contributed by atoms with E-state index in [1.54, 1.807) is 17.0 Å². The van der Waals surface area contributed by atoms with Crippen molar-refractivity contribution in [3.8, 4) is 0 Å². The van der Waals surface area contributed by atoms with Crippen molar-refractivity contribution in [2.24, 2.45) is 7.05 Å². The van der Waals surface area contributed by atoms with Crippen LogP contribution in [0, 0.1) is 5.82 Å². The first kappa shape index (κ1) is 19.6. The number of Topliss-reactive ketones (excluding diaryl/α,β-unsaturated/α-hetero) is 1. The van der Waals surface area contributed by atoms with Crippen LogP contribution in [0.1, 0.15) is 33.6 Å². The van der Waals surface area contributed by atoms with E-state index >= 15 is 0 Å². The summed E-state index contributed by atoms with van der Waals surface area (Å²) in [4.78, 5) is 31.6. The molecule has 154 valence electrons.